The largest absolute Gasteiger partial charge is 0.390 e. The van der Waals surface area contributed by atoms with E-state index in [9.17, 15) is 13.5 Å². The number of aliphatic hydroxyl groups excluding tert-OH is 1. The number of sulfonamides is 1. The number of fused-ring (bicyclic) bond motifs is 1. The summed E-state index contributed by atoms with van der Waals surface area (Å²) < 4.78 is 26.5. The Morgan fingerprint density at radius 3 is 2.86 bits per heavy atom. The highest BCUT2D eigenvalue weighted by molar-refractivity contribution is 7.89. The summed E-state index contributed by atoms with van der Waals surface area (Å²) in [5, 5.41) is 12.7. The molecule has 1 aromatic carbocycles. The topological polar surface area (TPSA) is 98.3 Å². The molecule has 3 N–H and O–H groups in total. The van der Waals surface area contributed by atoms with Gasteiger partial charge in [0, 0.05) is 26.2 Å². The maximum Gasteiger partial charge on any atom is 0.243 e. The fraction of sp³-hybridized carbons (Fsp3) is 0.417. The minimum atomic E-state index is -3.60. The van der Waals surface area contributed by atoms with Crippen LogP contribution in [0.5, 0.6) is 0 Å². The van der Waals surface area contributed by atoms with E-state index in [1.807, 2.05) is 0 Å². The van der Waals surface area contributed by atoms with E-state index in [0.717, 1.165) is 5.52 Å². The molecule has 10 heteroatoms. The second-order valence-corrected chi connectivity index (χ2v) is 6.74. The standard InChI is InChI=1S/C12H16N4O3S.2ClH/c17-9-6-13-3-4-16(7-9)20(18,19)10-1-2-11-12(5-10)15-8-14-11;;/h1-2,5,8-9,13,17H,3-4,6-7H2,(H,14,15);2*1H. The van der Waals surface area contributed by atoms with E-state index in [4.69, 9.17) is 0 Å². The lowest BCUT2D eigenvalue weighted by atomic mass is 10.3. The smallest absolute Gasteiger partial charge is 0.243 e. The highest BCUT2D eigenvalue weighted by Gasteiger charge is 2.28. The number of H-pyrrole nitrogens is 1. The summed E-state index contributed by atoms with van der Waals surface area (Å²) >= 11 is 0. The van der Waals surface area contributed by atoms with Gasteiger partial charge in [0.2, 0.25) is 10.0 Å². The van der Waals surface area contributed by atoms with Gasteiger partial charge >= 0.3 is 0 Å². The number of hydrogen-bond donors (Lipinski definition) is 3. The van der Waals surface area contributed by atoms with Crippen LogP contribution in [0, 0.1) is 0 Å². The van der Waals surface area contributed by atoms with Crippen LogP contribution in [0.4, 0.5) is 0 Å². The second kappa shape index (κ2) is 7.58. The van der Waals surface area contributed by atoms with E-state index < -0.39 is 16.1 Å². The zero-order valence-corrected chi connectivity index (χ0v) is 14.0. The monoisotopic (exact) mass is 368 g/mol. The van der Waals surface area contributed by atoms with Crippen molar-refractivity contribution < 1.29 is 13.5 Å². The van der Waals surface area contributed by atoms with Crippen LogP contribution in [-0.2, 0) is 10.0 Å². The lowest BCUT2D eigenvalue weighted by Gasteiger charge is -2.21. The Morgan fingerprint density at radius 1 is 1.32 bits per heavy atom. The van der Waals surface area contributed by atoms with Gasteiger partial charge in [-0.3, -0.25) is 0 Å². The van der Waals surface area contributed by atoms with Gasteiger partial charge in [0.15, 0.2) is 0 Å². The minimum Gasteiger partial charge on any atom is -0.390 e. The highest BCUT2D eigenvalue weighted by atomic mass is 35.5. The molecule has 0 saturated carbocycles. The maximum absolute atomic E-state index is 12.6. The summed E-state index contributed by atoms with van der Waals surface area (Å²) in [6.07, 6.45) is 0.837. The first-order chi connectivity index (χ1) is 9.57. The Balaban J connectivity index is 0.00000121. The van der Waals surface area contributed by atoms with Crippen LogP contribution in [0.3, 0.4) is 0 Å². The van der Waals surface area contributed by atoms with Gasteiger partial charge in [-0.2, -0.15) is 4.31 Å². The molecule has 1 fully saturated rings. The number of halogens is 2. The number of nitrogens with zero attached hydrogens (tertiary/aromatic N) is 2. The van der Waals surface area contributed by atoms with E-state index in [-0.39, 0.29) is 36.3 Å². The second-order valence-electron chi connectivity index (χ2n) is 4.80. The molecule has 0 aliphatic carbocycles. The molecule has 1 unspecified atom stereocenters. The molecule has 1 saturated heterocycles. The van der Waals surface area contributed by atoms with E-state index >= 15 is 0 Å². The molecule has 0 radical (unpaired) electrons. The van der Waals surface area contributed by atoms with Gasteiger partial charge in [-0.1, -0.05) is 0 Å². The van der Waals surface area contributed by atoms with Crippen LogP contribution in [0.15, 0.2) is 29.4 Å². The third-order valence-corrected chi connectivity index (χ3v) is 5.22. The minimum absolute atomic E-state index is 0. The predicted molar refractivity (Wildman–Crippen MR) is 88.2 cm³/mol. The van der Waals surface area contributed by atoms with E-state index in [1.165, 1.54) is 10.6 Å². The van der Waals surface area contributed by atoms with Crippen LogP contribution in [0.1, 0.15) is 0 Å². The van der Waals surface area contributed by atoms with Crippen LogP contribution < -0.4 is 5.32 Å². The zero-order valence-electron chi connectivity index (χ0n) is 11.6. The van der Waals surface area contributed by atoms with Gasteiger partial charge in [0.1, 0.15) is 0 Å². The molecule has 1 aliphatic rings. The molecule has 1 atom stereocenters. The number of nitrogens with one attached hydrogen (secondary N) is 2. The average molecular weight is 369 g/mol. The number of aromatic nitrogens is 2. The first kappa shape index (κ1) is 19.1. The molecule has 3 rings (SSSR count). The molecule has 7 nitrogen and oxygen atoms in total. The number of imidazole rings is 1. The molecular weight excluding hydrogens is 351 g/mol. The summed E-state index contributed by atoms with van der Waals surface area (Å²) in [7, 11) is -3.60. The van der Waals surface area contributed by atoms with Crippen LogP contribution in [0.25, 0.3) is 11.0 Å². The normalized spacial score (nSPS) is 20.0. The van der Waals surface area contributed by atoms with Gasteiger partial charge in [-0.05, 0) is 18.2 Å². The molecule has 124 valence electrons. The van der Waals surface area contributed by atoms with Crippen molar-refractivity contribution >= 4 is 45.9 Å². The molecule has 2 aromatic rings. The summed E-state index contributed by atoms with van der Waals surface area (Å²) in [5.74, 6) is 0. The maximum atomic E-state index is 12.6. The Morgan fingerprint density at radius 2 is 2.09 bits per heavy atom. The fourth-order valence-electron chi connectivity index (χ4n) is 2.31. The average Bonchev–Trinajstić information content (AvgIpc) is 2.78. The van der Waals surface area contributed by atoms with Gasteiger partial charge < -0.3 is 15.4 Å². The Labute approximate surface area is 141 Å². The summed E-state index contributed by atoms with van der Waals surface area (Å²) in [5.41, 5.74) is 1.40. The summed E-state index contributed by atoms with van der Waals surface area (Å²) in [6.45, 7) is 1.39. The third kappa shape index (κ3) is 3.70. The van der Waals surface area contributed by atoms with Gasteiger partial charge in [-0.15, -0.1) is 24.8 Å². The third-order valence-electron chi connectivity index (χ3n) is 3.36. The van der Waals surface area contributed by atoms with Gasteiger partial charge in [-0.25, -0.2) is 13.4 Å². The van der Waals surface area contributed by atoms with Crippen LogP contribution in [-0.4, -0.2) is 60.1 Å². The number of hydrogen-bond acceptors (Lipinski definition) is 5. The number of rotatable bonds is 2. The summed E-state index contributed by atoms with van der Waals surface area (Å²) in [4.78, 5) is 7.18. The van der Waals surface area contributed by atoms with E-state index in [2.05, 4.69) is 15.3 Å². The van der Waals surface area contributed by atoms with Crippen molar-refractivity contribution in [3.8, 4) is 0 Å². The quantitative estimate of drug-likeness (QED) is 0.710. The lowest BCUT2D eigenvalue weighted by molar-refractivity contribution is 0.159. The SMILES string of the molecule is Cl.Cl.O=S(=O)(c1ccc2nc[nH]c2c1)N1CCNCC(O)C1. The molecule has 0 amide bonds. The number of aromatic amines is 1. The van der Waals surface area contributed by atoms with Crippen molar-refractivity contribution in [2.45, 2.75) is 11.0 Å². The lowest BCUT2D eigenvalue weighted by Crippen LogP contribution is -2.37. The summed E-state index contributed by atoms with van der Waals surface area (Å²) in [6, 6.07) is 4.79. The Bertz CT molecular complexity index is 722. The Hall–Kier alpha value is -0.900. The molecule has 0 bridgehead atoms. The zero-order chi connectivity index (χ0) is 14.2. The fourth-order valence-corrected chi connectivity index (χ4v) is 3.81. The highest BCUT2D eigenvalue weighted by Crippen LogP contribution is 2.20. The predicted octanol–water partition coefficient (Wildman–Crippen LogP) is 0.361. The number of benzene rings is 1. The number of β-amino-alcohol motifs (C(OH)–C–C–N with tert-alkyl or cyclic N) is 1. The van der Waals surface area contributed by atoms with Gasteiger partial charge in [0.25, 0.3) is 0 Å². The van der Waals surface area contributed by atoms with Crippen LogP contribution >= 0.6 is 24.8 Å². The molecule has 0 spiro atoms. The van der Waals surface area contributed by atoms with Gasteiger partial charge in [0.05, 0.1) is 28.4 Å². The molecule has 22 heavy (non-hydrogen) atoms. The molecular formula is C12H18Cl2N4O3S. The first-order valence-electron chi connectivity index (χ1n) is 6.39. The van der Waals surface area contributed by atoms with E-state index in [1.54, 1.807) is 18.2 Å². The van der Waals surface area contributed by atoms with Crippen molar-refractivity contribution in [1.82, 2.24) is 19.6 Å². The van der Waals surface area contributed by atoms with Crippen LogP contribution in [0.2, 0.25) is 0 Å². The number of aliphatic hydroxyl groups is 1. The van der Waals surface area contributed by atoms with E-state index in [0.29, 0.717) is 25.2 Å². The van der Waals surface area contributed by atoms with Crippen molar-refractivity contribution in [3.63, 3.8) is 0 Å². The van der Waals surface area contributed by atoms with Crippen molar-refractivity contribution in [1.29, 1.82) is 0 Å². The Kier molecular flexibility index (Phi) is 6.60. The van der Waals surface area contributed by atoms with Crippen molar-refractivity contribution in [2.24, 2.45) is 0 Å². The first-order valence-corrected chi connectivity index (χ1v) is 7.83. The van der Waals surface area contributed by atoms with Crippen molar-refractivity contribution in [3.05, 3.63) is 24.5 Å². The molecule has 2 heterocycles. The van der Waals surface area contributed by atoms with Crippen molar-refractivity contribution in [2.75, 3.05) is 26.2 Å². The molecule has 1 aromatic heterocycles. The molecule has 1 aliphatic heterocycles.